The maximum absolute atomic E-state index is 11.2. The lowest BCUT2D eigenvalue weighted by molar-refractivity contribution is -0.163. The van der Waals surface area contributed by atoms with Crippen LogP contribution in [0.25, 0.3) is 0 Å². The largest absolute Gasteiger partial charge is 0.463 e. The van der Waals surface area contributed by atoms with E-state index in [4.69, 9.17) is 14.2 Å². The van der Waals surface area contributed by atoms with Crippen molar-refractivity contribution in [3.8, 4) is 0 Å². The normalized spacial score (nSPS) is 23.3. The van der Waals surface area contributed by atoms with E-state index in [2.05, 4.69) is 0 Å². The van der Waals surface area contributed by atoms with Crippen molar-refractivity contribution in [3.63, 3.8) is 0 Å². The van der Waals surface area contributed by atoms with Crippen molar-refractivity contribution in [2.75, 3.05) is 6.61 Å². The lowest BCUT2D eigenvalue weighted by Gasteiger charge is -2.31. The number of aliphatic hydroxyl groups excluding tert-OH is 1. The second-order valence-corrected chi connectivity index (χ2v) is 5.26. The first-order chi connectivity index (χ1) is 11.0. The van der Waals surface area contributed by atoms with Gasteiger partial charge in [-0.1, -0.05) is 30.3 Å². The standard InChI is InChI=1S/C17H20O6/c1-11(19)21-10-17-16(22-12(2)20)7-6-15(23-17)14-5-3-4-13(8-14)9-18/h3-8,15-18H,9-10H2,1-2H3/t15?,16-,17+/m0/s1. The van der Waals surface area contributed by atoms with Crippen molar-refractivity contribution in [1.29, 1.82) is 0 Å². The van der Waals surface area contributed by atoms with E-state index in [9.17, 15) is 14.7 Å². The third kappa shape index (κ3) is 4.91. The molecule has 1 aromatic rings. The zero-order valence-corrected chi connectivity index (χ0v) is 13.1. The Morgan fingerprint density at radius 1 is 1.22 bits per heavy atom. The van der Waals surface area contributed by atoms with E-state index in [1.165, 1.54) is 13.8 Å². The highest BCUT2D eigenvalue weighted by molar-refractivity contribution is 5.66. The Hall–Kier alpha value is -2.18. The molecule has 124 valence electrons. The summed E-state index contributed by atoms with van der Waals surface area (Å²) in [5.74, 6) is -0.861. The summed E-state index contributed by atoms with van der Waals surface area (Å²) < 4.78 is 16.1. The van der Waals surface area contributed by atoms with E-state index in [1.807, 2.05) is 24.3 Å². The minimum Gasteiger partial charge on any atom is -0.463 e. The molecule has 0 aliphatic carbocycles. The molecule has 0 spiro atoms. The molecule has 0 bridgehead atoms. The van der Waals surface area contributed by atoms with Gasteiger partial charge in [0, 0.05) is 13.8 Å². The summed E-state index contributed by atoms with van der Waals surface area (Å²) in [6.07, 6.45) is 1.96. The monoisotopic (exact) mass is 320 g/mol. The number of hydrogen-bond donors (Lipinski definition) is 1. The summed E-state index contributed by atoms with van der Waals surface area (Å²) in [5, 5.41) is 9.23. The van der Waals surface area contributed by atoms with Crippen molar-refractivity contribution in [3.05, 3.63) is 47.5 Å². The highest BCUT2D eigenvalue weighted by atomic mass is 16.6. The van der Waals surface area contributed by atoms with Crippen LogP contribution >= 0.6 is 0 Å². The second-order valence-electron chi connectivity index (χ2n) is 5.26. The highest BCUT2D eigenvalue weighted by Crippen LogP contribution is 2.28. The Bertz CT molecular complexity index is 595. The van der Waals surface area contributed by atoms with Crippen LogP contribution in [0.15, 0.2) is 36.4 Å². The number of carbonyl (C=O) groups excluding carboxylic acids is 2. The molecule has 0 radical (unpaired) electrons. The van der Waals surface area contributed by atoms with Crippen LogP contribution in [0, 0.1) is 0 Å². The van der Waals surface area contributed by atoms with Gasteiger partial charge in [0.1, 0.15) is 24.9 Å². The third-order valence-electron chi connectivity index (χ3n) is 3.38. The van der Waals surface area contributed by atoms with Crippen molar-refractivity contribution in [1.82, 2.24) is 0 Å². The SMILES string of the molecule is CC(=O)OC[C@H]1OC(c2cccc(CO)c2)C=C[C@@H]1OC(C)=O. The Morgan fingerprint density at radius 3 is 2.65 bits per heavy atom. The summed E-state index contributed by atoms with van der Waals surface area (Å²) in [4.78, 5) is 22.2. The summed E-state index contributed by atoms with van der Waals surface area (Å²) in [6, 6.07) is 7.36. The van der Waals surface area contributed by atoms with E-state index >= 15 is 0 Å². The molecule has 1 aliphatic rings. The summed E-state index contributed by atoms with van der Waals surface area (Å²) >= 11 is 0. The first-order valence-electron chi connectivity index (χ1n) is 7.33. The van der Waals surface area contributed by atoms with Crippen LogP contribution in [0.5, 0.6) is 0 Å². The molecule has 2 rings (SSSR count). The maximum atomic E-state index is 11.2. The smallest absolute Gasteiger partial charge is 0.303 e. The van der Waals surface area contributed by atoms with Crippen molar-refractivity contribution in [2.45, 2.75) is 38.8 Å². The summed E-state index contributed by atoms with van der Waals surface area (Å²) in [6.45, 7) is 2.56. The van der Waals surface area contributed by atoms with Gasteiger partial charge < -0.3 is 19.3 Å². The molecule has 1 unspecified atom stereocenters. The molecule has 6 nitrogen and oxygen atoms in total. The van der Waals surface area contributed by atoms with Gasteiger partial charge in [-0.3, -0.25) is 9.59 Å². The Balaban J connectivity index is 2.16. The fraction of sp³-hybridized carbons (Fsp3) is 0.412. The average molecular weight is 320 g/mol. The minimum absolute atomic E-state index is 0.00614. The van der Waals surface area contributed by atoms with Gasteiger partial charge in [-0.05, 0) is 17.2 Å². The lowest BCUT2D eigenvalue weighted by atomic mass is 10.0. The molecule has 1 aliphatic heterocycles. The van der Waals surface area contributed by atoms with Crippen molar-refractivity contribution >= 4 is 11.9 Å². The molecule has 1 heterocycles. The van der Waals surface area contributed by atoms with E-state index < -0.39 is 24.1 Å². The number of esters is 2. The van der Waals surface area contributed by atoms with Crippen LogP contribution in [0.1, 0.15) is 31.1 Å². The van der Waals surface area contributed by atoms with Gasteiger partial charge in [0.2, 0.25) is 0 Å². The van der Waals surface area contributed by atoms with E-state index in [-0.39, 0.29) is 19.3 Å². The van der Waals surface area contributed by atoms with E-state index in [1.54, 1.807) is 12.2 Å². The number of benzene rings is 1. The Morgan fingerprint density at radius 2 is 2.00 bits per heavy atom. The number of rotatable bonds is 5. The first-order valence-corrected chi connectivity index (χ1v) is 7.33. The van der Waals surface area contributed by atoms with Crippen LogP contribution in [0.2, 0.25) is 0 Å². The van der Waals surface area contributed by atoms with Gasteiger partial charge in [-0.15, -0.1) is 0 Å². The molecule has 1 N–H and O–H groups in total. The van der Waals surface area contributed by atoms with Gasteiger partial charge in [0.25, 0.3) is 0 Å². The predicted molar refractivity (Wildman–Crippen MR) is 81.3 cm³/mol. The quantitative estimate of drug-likeness (QED) is 0.656. The second kappa shape index (κ2) is 7.89. The number of hydrogen-bond acceptors (Lipinski definition) is 6. The molecule has 0 saturated carbocycles. The van der Waals surface area contributed by atoms with Gasteiger partial charge in [0.15, 0.2) is 0 Å². The van der Waals surface area contributed by atoms with Crippen LogP contribution in [-0.4, -0.2) is 35.9 Å². The van der Waals surface area contributed by atoms with Crippen molar-refractivity contribution < 1.29 is 28.9 Å². The molecule has 3 atom stereocenters. The molecule has 23 heavy (non-hydrogen) atoms. The van der Waals surface area contributed by atoms with Gasteiger partial charge >= 0.3 is 11.9 Å². The number of ether oxygens (including phenoxy) is 3. The van der Waals surface area contributed by atoms with Gasteiger partial charge in [0.05, 0.1) is 6.61 Å². The molecule has 6 heteroatoms. The fourth-order valence-electron chi connectivity index (χ4n) is 2.34. The third-order valence-corrected chi connectivity index (χ3v) is 3.38. The van der Waals surface area contributed by atoms with E-state index in [0.717, 1.165) is 11.1 Å². The molecule has 0 fully saturated rings. The molecule has 0 aromatic heterocycles. The van der Waals surface area contributed by atoms with Crippen LogP contribution in [0.4, 0.5) is 0 Å². The molecule has 0 saturated heterocycles. The molecule has 1 aromatic carbocycles. The number of aliphatic hydroxyl groups is 1. The fourth-order valence-corrected chi connectivity index (χ4v) is 2.34. The van der Waals surface area contributed by atoms with E-state index in [0.29, 0.717) is 0 Å². The topological polar surface area (TPSA) is 82.1 Å². The average Bonchev–Trinajstić information content (AvgIpc) is 2.53. The number of carbonyl (C=O) groups is 2. The zero-order valence-electron chi connectivity index (χ0n) is 13.1. The Labute approximate surface area is 134 Å². The van der Waals surface area contributed by atoms with Gasteiger partial charge in [-0.25, -0.2) is 0 Å². The van der Waals surface area contributed by atoms with Crippen LogP contribution in [-0.2, 0) is 30.4 Å². The first kappa shape index (κ1) is 17.2. The van der Waals surface area contributed by atoms with Crippen LogP contribution < -0.4 is 0 Å². The minimum atomic E-state index is -0.607. The van der Waals surface area contributed by atoms with Gasteiger partial charge in [-0.2, -0.15) is 0 Å². The zero-order chi connectivity index (χ0) is 16.8. The molecular formula is C17H20O6. The lowest BCUT2D eigenvalue weighted by Crippen LogP contribution is -2.39. The summed E-state index contributed by atoms with van der Waals surface area (Å²) in [7, 11) is 0. The predicted octanol–water partition coefficient (Wildman–Crippen LogP) is 1.67. The van der Waals surface area contributed by atoms with Crippen LogP contribution in [0.3, 0.4) is 0 Å². The molecular weight excluding hydrogens is 300 g/mol. The molecule has 0 amide bonds. The summed E-state index contributed by atoms with van der Waals surface area (Å²) in [5.41, 5.74) is 1.64. The Kier molecular flexibility index (Phi) is 5.90. The highest BCUT2D eigenvalue weighted by Gasteiger charge is 2.31. The maximum Gasteiger partial charge on any atom is 0.303 e. The van der Waals surface area contributed by atoms with Crippen molar-refractivity contribution in [2.24, 2.45) is 0 Å².